The van der Waals surface area contributed by atoms with Crippen LogP contribution in [0.15, 0.2) is 35.4 Å². The van der Waals surface area contributed by atoms with Crippen LogP contribution in [0.3, 0.4) is 0 Å². The van der Waals surface area contributed by atoms with Gasteiger partial charge in [-0.3, -0.25) is 4.79 Å². The Morgan fingerprint density at radius 2 is 1.94 bits per heavy atom. The van der Waals surface area contributed by atoms with Gasteiger partial charge in [0.1, 0.15) is 17.1 Å². The van der Waals surface area contributed by atoms with Crippen LogP contribution in [0.2, 0.25) is 0 Å². The number of alkyl carbamates (subject to hydrolysis) is 1. The molecule has 1 amide bonds. The van der Waals surface area contributed by atoms with E-state index in [0.717, 1.165) is 0 Å². The Labute approximate surface area is 181 Å². The number of hydrogen-bond donors (Lipinski definition) is 2. The van der Waals surface area contributed by atoms with Crippen molar-refractivity contribution in [2.75, 3.05) is 26.2 Å². The monoisotopic (exact) mass is 453 g/mol. The van der Waals surface area contributed by atoms with Crippen LogP contribution in [0.4, 0.5) is 4.79 Å². The number of aromatic nitrogens is 1. The number of sulfonamides is 1. The number of hydrogen-bond acceptors (Lipinski definition) is 7. The van der Waals surface area contributed by atoms with Crippen LogP contribution >= 0.6 is 0 Å². The van der Waals surface area contributed by atoms with Crippen molar-refractivity contribution < 1.29 is 32.6 Å². The maximum absolute atomic E-state index is 12.7. The van der Waals surface area contributed by atoms with Crippen molar-refractivity contribution >= 4 is 22.1 Å². The highest BCUT2D eigenvalue weighted by molar-refractivity contribution is 7.89. The van der Waals surface area contributed by atoms with Gasteiger partial charge in [0.25, 0.3) is 0 Å². The second-order valence-electron chi connectivity index (χ2n) is 8.74. The fraction of sp³-hybridized carbons (Fsp3) is 0.550. The normalized spacial score (nSPS) is 23.0. The minimum atomic E-state index is -3.73. The number of carboxylic acid groups (broad SMARTS) is 1. The van der Waals surface area contributed by atoms with E-state index in [1.54, 1.807) is 20.8 Å². The Bertz CT molecular complexity index is 957. The van der Waals surface area contributed by atoms with E-state index < -0.39 is 33.6 Å². The van der Waals surface area contributed by atoms with Gasteiger partial charge in [-0.1, -0.05) is 6.58 Å². The number of fused-ring (bicyclic) bond motifs is 1. The molecule has 1 saturated heterocycles. The number of carbonyl (C=O) groups is 2. The summed E-state index contributed by atoms with van der Waals surface area (Å²) in [4.78, 5) is 26.7. The lowest BCUT2D eigenvalue weighted by Crippen LogP contribution is -2.34. The van der Waals surface area contributed by atoms with E-state index in [2.05, 4.69) is 16.9 Å². The molecule has 3 rings (SSSR count). The largest absolute Gasteiger partial charge is 0.481 e. The number of rotatable bonds is 8. The van der Waals surface area contributed by atoms with E-state index in [9.17, 15) is 18.0 Å². The van der Waals surface area contributed by atoms with Gasteiger partial charge >= 0.3 is 12.1 Å². The van der Waals surface area contributed by atoms with Crippen molar-refractivity contribution in [3.8, 4) is 5.88 Å². The van der Waals surface area contributed by atoms with E-state index in [4.69, 9.17) is 14.6 Å². The van der Waals surface area contributed by atoms with Gasteiger partial charge in [-0.25, -0.2) is 18.2 Å². The summed E-state index contributed by atoms with van der Waals surface area (Å²) in [5, 5.41) is 11.6. The lowest BCUT2D eigenvalue weighted by Gasteiger charge is -2.20. The highest BCUT2D eigenvalue weighted by Gasteiger charge is 2.61. The summed E-state index contributed by atoms with van der Waals surface area (Å²) in [7, 11) is -3.73. The third-order valence-corrected chi connectivity index (χ3v) is 6.91. The van der Waals surface area contributed by atoms with Crippen molar-refractivity contribution in [2.45, 2.75) is 31.3 Å². The van der Waals surface area contributed by atoms with Crippen LogP contribution < -0.4 is 10.1 Å². The van der Waals surface area contributed by atoms with Gasteiger partial charge in [0, 0.05) is 25.7 Å². The van der Waals surface area contributed by atoms with E-state index in [-0.39, 0.29) is 48.9 Å². The Morgan fingerprint density at radius 3 is 2.45 bits per heavy atom. The average Bonchev–Trinajstić information content (AvgIpc) is 3.18. The average molecular weight is 454 g/mol. The molecular formula is C20H27N3O7S. The molecule has 31 heavy (non-hydrogen) atoms. The summed E-state index contributed by atoms with van der Waals surface area (Å²) in [5.41, 5.74) is -0.0184. The molecule has 1 aromatic rings. The molecule has 2 heterocycles. The summed E-state index contributed by atoms with van der Waals surface area (Å²) in [6.07, 6.45) is 0.654. The molecule has 2 aliphatic rings. The van der Waals surface area contributed by atoms with Crippen molar-refractivity contribution in [1.29, 1.82) is 0 Å². The lowest BCUT2D eigenvalue weighted by molar-refractivity contribution is -0.139. The number of piperidine rings is 1. The summed E-state index contributed by atoms with van der Waals surface area (Å²) in [6, 6.07) is 2.84. The number of amides is 1. The molecule has 2 N–H and O–H groups in total. The van der Waals surface area contributed by atoms with E-state index in [1.165, 1.54) is 22.6 Å². The molecule has 0 bridgehead atoms. The Hall–Kier alpha value is -2.66. The van der Waals surface area contributed by atoms with Gasteiger partial charge in [-0.2, -0.15) is 4.31 Å². The number of nitrogens with zero attached hydrogens (tertiary/aromatic N) is 2. The van der Waals surface area contributed by atoms with Crippen LogP contribution in [-0.2, 0) is 19.6 Å². The molecule has 1 aliphatic heterocycles. The zero-order chi connectivity index (χ0) is 23.0. The summed E-state index contributed by atoms with van der Waals surface area (Å²) in [6.45, 7) is 9.78. The topological polar surface area (TPSA) is 135 Å². The van der Waals surface area contributed by atoms with Crippen LogP contribution in [-0.4, -0.2) is 66.7 Å². The number of ether oxygens (including phenoxy) is 2. The first kappa shape index (κ1) is 23.0. The van der Waals surface area contributed by atoms with Gasteiger partial charge in [0.2, 0.25) is 15.9 Å². The number of pyridine rings is 1. The minimum absolute atomic E-state index is 0.0263. The van der Waals surface area contributed by atoms with Gasteiger partial charge in [0.15, 0.2) is 0 Å². The van der Waals surface area contributed by atoms with Gasteiger partial charge in [-0.05, 0) is 44.2 Å². The molecule has 1 aromatic heterocycles. The first-order valence-corrected chi connectivity index (χ1v) is 11.3. The summed E-state index contributed by atoms with van der Waals surface area (Å²) < 4.78 is 37.4. The second-order valence-corrected chi connectivity index (χ2v) is 10.7. The summed E-state index contributed by atoms with van der Waals surface area (Å²) >= 11 is 0. The van der Waals surface area contributed by atoms with E-state index in [1.807, 2.05) is 0 Å². The van der Waals surface area contributed by atoms with Crippen LogP contribution in [0.25, 0.3) is 0 Å². The maximum Gasteiger partial charge on any atom is 0.407 e. The van der Waals surface area contributed by atoms with Crippen molar-refractivity contribution in [2.24, 2.45) is 17.8 Å². The van der Waals surface area contributed by atoms with Gasteiger partial charge in [0.05, 0.1) is 12.1 Å². The van der Waals surface area contributed by atoms with Crippen LogP contribution in [0.5, 0.6) is 5.88 Å². The molecular weight excluding hydrogens is 426 g/mol. The predicted molar refractivity (Wildman–Crippen MR) is 110 cm³/mol. The van der Waals surface area contributed by atoms with Gasteiger partial charge in [-0.15, -0.1) is 0 Å². The van der Waals surface area contributed by atoms with Gasteiger partial charge < -0.3 is 19.9 Å². The molecule has 2 fully saturated rings. The molecule has 170 valence electrons. The SMILES string of the molecule is C=C(CNC(=O)OC(C)(C)C)COc1ccc(S(=O)(=O)N2C[C@@H]3[C@H](C2)[C@H]3C(=O)O)cn1. The molecule has 3 atom stereocenters. The molecule has 0 radical (unpaired) electrons. The third kappa shape index (κ3) is 5.53. The first-order chi connectivity index (χ1) is 14.4. The number of carbonyl (C=O) groups excluding carboxylic acids is 1. The van der Waals surface area contributed by atoms with Crippen molar-refractivity contribution in [3.05, 3.63) is 30.5 Å². The van der Waals surface area contributed by atoms with Crippen LogP contribution in [0, 0.1) is 17.8 Å². The highest BCUT2D eigenvalue weighted by Crippen LogP contribution is 2.52. The first-order valence-electron chi connectivity index (χ1n) is 9.84. The molecule has 1 aliphatic carbocycles. The highest BCUT2D eigenvalue weighted by atomic mass is 32.2. The molecule has 0 aromatic carbocycles. The molecule has 1 saturated carbocycles. The lowest BCUT2D eigenvalue weighted by atomic mass is 10.2. The Balaban J connectivity index is 1.46. The quantitative estimate of drug-likeness (QED) is 0.565. The fourth-order valence-electron chi connectivity index (χ4n) is 3.54. The second kappa shape index (κ2) is 8.46. The van der Waals surface area contributed by atoms with E-state index >= 15 is 0 Å². The zero-order valence-electron chi connectivity index (χ0n) is 17.7. The molecule has 10 nitrogen and oxygen atoms in total. The minimum Gasteiger partial charge on any atom is -0.481 e. The molecule has 0 spiro atoms. The van der Waals surface area contributed by atoms with Crippen molar-refractivity contribution in [1.82, 2.24) is 14.6 Å². The zero-order valence-corrected chi connectivity index (χ0v) is 18.5. The van der Waals surface area contributed by atoms with E-state index in [0.29, 0.717) is 5.57 Å². The number of aliphatic carboxylic acids is 1. The molecule has 11 heteroatoms. The summed E-state index contributed by atoms with van der Waals surface area (Å²) in [5.74, 6) is -1.30. The smallest absolute Gasteiger partial charge is 0.407 e. The predicted octanol–water partition coefficient (Wildman–Crippen LogP) is 1.49. The number of carboxylic acids is 1. The maximum atomic E-state index is 12.7. The third-order valence-electron chi connectivity index (χ3n) is 5.10. The van der Waals surface area contributed by atoms with Crippen LogP contribution in [0.1, 0.15) is 20.8 Å². The fourth-order valence-corrected chi connectivity index (χ4v) is 5.00. The standard InChI is InChI=1S/C20H27N3O7S/c1-12(7-22-19(26)30-20(2,3)4)11-29-16-6-5-13(8-21-16)31(27,28)23-9-14-15(10-23)17(14)18(24)25/h5-6,8,14-15,17H,1,7,9-11H2,2-4H3,(H,22,26)(H,24,25)/t14-,15+,17+. The Morgan fingerprint density at radius 1 is 1.29 bits per heavy atom. The number of nitrogens with one attached hydrogen (secondary N) is 1. The Kier molecular flexibility index (Phi) is 6.28. The van der Waals surface area contributed by atoms with Crippen molar-refractivity contribution in [3.63, 3.8) is 0 Å². The molecule has 0 unspecified atom stereocenters.